The highest BCUT2D eigenvalue weighted by atomic mass is 32.1. The molecule has 8 heteroatoms. The number of nitrogens with one attached hydrogen (secondary N) is 2. The van der Waals surface area contributed by atoms with E-state index in [2.05, 4.69) is 20.6 Å². The maximum absolute atomic E-state index is 14.4. The smallest absolute Gasteiger partial charge is 0.267 e. The predicted octanol–water partition coefficient (Wildman–Crippen LogP) is 4.68. The molecule has 4 rings (SSSR count). The van der Waals surface area contributed by atoms with Gasteiger partial charge in [0.25, 0.3) is 11.8 Å². The van der Waals surface area contributed by atoms with Gasteiger partial charge in [-0.15, -0.1) is 11.3 Å². The van der Waals surface area contributed by atoms with Crippen LogP contribution < -0.4 is 10.6 Å². The second-order valence-electron chi connectivity index (χ2n) is 7.05. The number of hydrogen-bond acceptors (Lipinski definition) is 5. The lowest BCUT2D eigenvalue weighted by Crippen LogP contribution is -2.17. The molecule has 0 aliphatic heterocycles. The number of rotatable bonds is 5. The van der Waals surface area contributed by atoms with Crippen LogP contribution in [-0.2, 0) is 0 Å². The summed E-state index contributed by atoms with van der Waals surface area (Å²) in [7, 11) is 0. The molecule has 0 saturated heterocycles. The van der Waals surface area contributed by atoms with E-state index in [9.17, 15) is 14.0 Å². The molecule has 6 nitrogen and oxygen atoms in total. The van der Waals surface area contributed by atoms with Gasteiger partial charge in [0.15, 0.2) is 0 Å². The predicted molar refractivity (Wildman–Crippen MR) is 110 cm³/mol. The van der Waals surface area contributed by atoms with Crippen molar-refractivity contribution in [1.29, 1.82) is 0 Å². The van der Waals surface area contributed by atoms with Gasteiger partial charge in [0.1, 0.15) is 16.5 Å². The summed E-state index contributed by atoms with van der Waals surface area (Å²) in [6.45, 7) is 3.47. The van der Waals surface area contributed by atoms with Crippen molar-refractivity contribution < 1.29 is 14.0 Å². The van der Waals surface area contributed by atoms with Crippen LogP contribution in [-0.4, -0.2) is 21.8 Å². The lowest BCUT2D eigenvalue weighted by atomic mass is 10.1. The van der Waals surface area contributed by atoms with Crippen LogP contribution in [0.25, 0.3) is 0 Å². The molecule has 0 spiro atoms. The fourth-order valence-corrected chi connectivity index (χ4v) is 3.63. The van der Waals surface area contributed by atoms with E-state index < -0.39 is 11.7 Å². The van der Waals surface area contributed by atoms with Crippen LogP contribution in [0, 0.1) is 19.7 Å². The number of pyridine rings is 1. The van der Waals surface area contributed by atoms with Gasteiger partial charge >= 0.3 is 0 Å². The molecule has 2 heterocycles. The molecule has 1 aliphatic carbocycles. The van der Waals surface area contributed by atoms with Gasteiger partial charge in [-0.25, -0.2) is 14.4 Å². The van der Waals surface area contributed by atoms with E-state index in [0.717, 1.165) is 23.4 Å². The molecule has 148 valence electrons. The molecular formula is C21H19FN4O2S. The number of hydrogen-bond donors (Lipinski definition) is 2. The number of thiazole rings is 1. The Balaban J connectivity index is 1.52. The summed E-state index contributed by atoms with van der Waals surface area (Å²) in [6.07, 6.45) is 5.55. The zero-order valence-electron chi connectivity index (χ0n) is 16.0. The van der Waals surface area contributed by atoms with Crippen molar-refractivity contribution in [2.45, 2.75) is 32.6 Å². The number of halogens is 1. The van der Waals surface area contributed by atoms with Crippen molar-refractivity contribution in [3.63, 3.8) is 0 Å². The van der Waals surface area contributed by atoms with Crippen LogP contribution in [0.4, 0.5) is 15.9 Å². The van der Waals surface area contributed by atoms with Crippen molar-refractivity contribution >= 4 is 34.7 Å². The topological polar surface area (TPSA) is 84.0 Å². The Morgan fingerprint density at radius 2 is 1.86 bits per heavy atom. The van der Waals surface area contributed by atoms with Crippen LogP contribution in [0.2, 0.25) is 0 Å². The van der Waals surface area contributed by atoms with Gasteiger partial charge in [0.05, 0.1) is 16.8 Å². The van der Waals surface area contributed by atoms with Crippen molar-refractivity contribution in [3.05, 3.63) is 69.1 Å². The third-order valence-electron chi connectivity index (χ3n) is 4.73. The first-order valence-corrected chi connectivity index (χ1v) is 10.0. The number of carbonyl (C=O) groups excluding carboxylic acids is 2. The van der Waals surface area contributed by atoms with Crippen LogP contribution in [0.15, 0.2) is 36.7 Å². The first-order valence-electron chi connectivity index (χ1n) is 9.22. The third-order valence-corrected chi connectivity index (χ3v) is 5.64. The summed E-state index contributed by atoms with van der Waals surface area (Å²) in [6, 6.07) is 6.21. The van der Waals surface area contributed by atoms with Crippen molar-refractivity contribution in [1.82, 2.24) is 9.97 Å². The minimum atomic E-state index is -0.666. The molecule has 0 bridgehead atoms. The molecule has 0 unspecified atom stereocenters. The normalized spacial score (nSPS) is 13.2. The van der Waals surface area contributed by atoms with Gasteiger partial charge in [-0.05, 0) is 61.9 Å². The highest BCUT2D eigenvalue weighted by Gasteiger charge is 2.24. The molecule has 0 radical (unpaired) electrons. The summed E-state index contributed by atoms with van der Waals surface area (Å²) < 4.78 is 14.4. The Kier molecular flexibility index (Phi) is 5.10. The number of carbonyl (C=O) groups is 2. The molecule has 1 aliphatic rings. The standard InChI is InChI=1S/C21H19FN4O2S/c1-11-7-16(22)15(8-17(11)25-21(28)18-10-23-12(2)29-18)20(27)26-19-6-5-14(9-24-19)13-3-4-13/h5-10,13H,3-4H2,1-2H3,(H,25,28)(H,24,26,27). The van der Waals surface area contributed by atoms with Gasteiger partial charge in [-0.1, -0.05) is 6.07 Å². The maximum Gasteiger partial charge on any atom is 0.267 e. The summed E-state index contributed by atoms with van der Waals surface area (Å²) in [5.74, 6) is -0.728. The van der Waals surface area contributed by atoms with E-state index in [1.165, 1.54) is 29.7 Å². The highest BCUT2D eigenvalue weighted by molar-refractivity contribution is 7.13. The highest BCUT2D eigenvalue weighted by Crippen LogP contribution is 2.39. The average molecular weight is 410 g/mol. The Morgan fingerprint density at radius 1 is 1.07 bits per heavy atom. The molecule has 1 aromatic carbocycles. The van der Waals surface area contributed by atoms with Crippen molar-refractivity contribution in [3.8, 4) is 0 Å². The minimum Gasteiger partial charge on any atom is -0.321 e. The minimum absolute atomic E-state index is 0.167. The lowest BCUT2D eigenvalue weighted by molar-refractivity contribution is 0.101. The number of aryl methyl sites for hydroxylation is 2. The van der Waals surface area contributed by atoms with E-state index in [4.69, 9.17) is 0 Å². The zero-order valence-corrected chi connectivity index (χ0v) is 16.8. The van der Waals surface area contributed by atoms with Gasteiger partial charge in [-0.3, -0.25) is 9.59 Å². The average Bonchev–Trinajstić information content (AvgIpc) is 3.44. The summed E-state index contributed by atoms with van der Waals surface area (Å²) >= 11 is 1.26. The molecule has 2 amide bonds. The number of anilines is 2. The molecule has 1 fully saturated rings. The fourth-order valence-electron chi connectivity index (χ4n) is 2.95. The van der Waals surface area contributed by atoms with Gasteiger partial charge in [0, 0.05) is 11.9 Å². The molecule has 29 heavy (non-hydrogen) atoms. The lowest BCUT2D eigenvalue weighted by Gasteiger charge is -2.11. The second kappa shape index (κ2) is 7.71. The van der Waals surface area contributed by atoms with Gasteiger partial charge in [-0.2, -0.15) is 0 Å². The number of benzene rings is 1. The molecule has 1 saturated carbocycles. The molecule has 3 aromatic rings. The van der Waals surface area contributed by atoms with Gasteiger partial charge < -0.3 is 10.6 Å². The van der Waals surface area contributed by atoms with Crippen LogP contribution in [0.3, 0.4) is 0 Å². The fraction of sp³-hybridized carbons (Fsp3) is 0.238. The zero-order chi connectivity index (χ0) is 20.5. The summed E-state index contributed by atoms with van der Waals surface area (Å²) in [5.41, 5.74) is 1.86. The Morgan fingerprint density at radius 3 is 2.48 bits per heavy atom. The Hall–Kier alpha value is -3.13. The van der Waals surface area contributed by atoms with E-state index >= 15 is 0 Å². The second-order valence-corrected chi connectivity index (χ2v) is 8.28. The van der Waals surface area contributed by atoms with E-state index in [0.29, 0.717) is 27.9 Å². The SMILES string of the molecule is Cc1ncc(C(=O)Nc2cc(C(=O)Nc3ccc(C4CC4)cn3)c(F)cc2C)s1. The first-order chi connectivity index (χ1) is 13.9. The number of nitrogens with zero attached hydrogens (tertiary/aromatic N) is 2. The number of aromatic nitrogens is 2. The molecule has 0 atom stereocenters. The van der Waals surface area contributed by atoms with E-state index in [1.807, 2.05) is 6.07 Å². The van der Waals surface area contributed by atoms with Crippen LogP contribution in [0.5, 0.6) is 0 Å². The van der Waals surface area contributed by atoms with Crippen molar-refractivity contribution in [2.75, 3.05) is 10.6 Å². The Bertz CT molecular complexity index is 1090. The summed E-state index contributed by atoms with van der Waals surface area (Å²) in [4.78, 5) is 33.7. The maximum atomic E-state index is 14.4. The van der Waals surface area contributed by atoms with Crippen molar-refractivity contribution in [2.24, 2.45) is 0 Å². The van der Waals surface area contributed by atoms with Crippen LogP contribution >= 0.6 is 11.3 Å². The third kappa shape index (κ3) is 4.32. The monoisotopic (exact) mass is 410 g/mol. The number of amides is 2. The summed E-state index contributed by atoms with van der Waals surface area (Å²) in [5, 5.41) is 6.10. The van der Waals surface area contributed by atoms with Crippen LogP contribution in [0.1, 0.15) is 54.9 Å². The largest absolute Gasteiger partial charge is 0.321 e. The molecular weight excluding hydrogens is 391 g/mol. The quantitative estimate of drug-likeness (QED) is 0.640. The van der Waals surface area contributed by atoms with E-state index in [1.54, 1.807) is 26.1 Å². The molecule has 2 aromatic heterocycles. The van der Waals surface area contributed by atoms with Gasteiger partial charge in [0.2, 0.25) is 0 Å². The Labute approximate surface area is 171 Å². The first kappa shape index (κ1) is 19.2. The van der Waals surface area contributed by atoms with E-state index in [-0.39, 0.29) is 11.5 Å². The molecule has 2 N–H and O–H groups in total.